The molecule has 4 heteroatoms. The summed E-state index contributed by atoms with van der Waals surface area (Å²) < 4.78 is 5.86. The summed E-state index contributed by atoms with van der Waals surface area (Å²) in [5.74, 6) is 0.628. The second-order valence-electron chi connectivity index (χ2n) is 5.80. The first-order valence-corrected chi connectivity index (χ1v) is 8.66. The van der Waals surface area contributed by atoms with Crippen LogP contribution in [0.1, 0.15) is 25.3 Å². The van der Waals surface area contributed by atoms with Crippen LogP contribution in [0.2, 0.25) is 0 Å². The molecule has 0 heterocycles. The molecule has 0 spiro atoms. The molecule has 0 saturated heterocycles. The molecular formula is C21H24N2O2. The Kier molecular flexibility index (Phi) is 7.52. The quantitative estimate of drug-likeness (QED) is 0.699. The summed E-state index contributed by atoms with van der Waals surface area (Å²) in [6.45, 7) is 2.95. The van der Waals surface area contributed by atoms with Crippen molar-refractivity contribution in [2.75, 3.05) is 13.1 Å². The van der Waals surface area contributed by atoms with Crippen LogP contribution in [-0.4, -0.2) is 30.0 Å². The van der Waals surface area contributed by atoms with Gasteiger partial charge in [0.1, 0.15) is 5.75 Å². The third kappa shape index (κ3) is 5.96. The van der Waals surface area contributed by atoms with Gasteiger partial charge in [-0.3, -0.25) is 4.79 Å². The lowest BCUT2D eigenvalue weighted by molar-refractivity contribution is -0.138. The first kappa shape index (κ1) is 18.5. The summed E-state index contributed by atoms with van der Waals surface area (Å²) in [5, 5.41) is 8.89. The third-order valence-corrected chi connectivity index (χ3v) is 3.99. The standard InChI is InChI=1S/C21H24N2O2/c1-2-20(25-19-12-7-4-8-13-19)21(24)23(16-9-15-22)17-14-18-10-5-3-6-11-18/h3-8,10-13,20H,2,9,14,16-17H2,1H3. The van der Waals surface area contributed by atoms with Gasteiger partial charge in [-0.1, -0.05) is 55.5 Å². The van der Waals surface area contributed by atoms with Crippen LogP contribution in [0, 0.1) is 11.3 Å². The Morgan fingerprint density at radius 1 is 1.08 bits per heavy atom. The number of ether oxygens (including phenoxy) is 1. The van der Waals surface area contributed by atoms with Crippen molar-refractivity contribution in [3.05, 3.63) is 66.2 Å². The number of carbonyl (C=O) groups excluding carboxylic acids is 1. The lowest BCUT2D eigenvalue weighted by Crippen LogP contribution is -2.43. The van der Waals surface area contributed by atoms with Crippen LogP contribution in [0.3, 0.4) is 0 Å². The SMILES string of the molecule is CCC(Oc1ccccc1)C(=O)N(CCC#N)CCc1ccccc1. The smallest absolute Gasteiger partial charge is 0.263 e. The minimum atomic E-state index is -0.531. The molecule has 0 bridgehead atoms. The molecule has 0 N–H and O–H groups in total. The minimum Gasteiger partial charge on any atom is -0.481 e. The fourth-order valence-corrected chi connectivity index (χ4v) is 2.60. The van der Waals surface area contributed by atoms with Gasteiger partial charge in [-0.15, -0.1) is 0 Å². The summed E-state index contributed by atoms with van der Waals surface area (Å²) >= 11 is 0. The number of hydrogen-bond donors (Lipinski definition) is 0. The second-order valence-corrected chi connectivity index (χ2v) is 5.80. The Bertz CT molecular complexity index is 680. The van der Waals surface area contributed by atoms with Gasteiger partial charge in [0.05, 0.1) is 12.5 Å². The molecule has 2 aromatic rings. The lowest BCUT2D eigenvalue weighted by atomic mass is 10.1. The minimum absolute atomic E-state index is 0.0578. The van der Waals surface area contributed by atoms with Crippen molar-refractivity contribution in [2.45, 2.75) is 32.3 Å². The van der Waals surface area contributed by atoms with Gasteiger partial charge >= 0.3 is 0 Å². The van der Waals surface area contributed by atoms with E-state index in [2.05, 4.69) is 6.07 Å². The van der Waals surface area contributed by atoms with Gasteiger partial charge in [0, 0.05) is 13.1 Å². The van der Waals surface area contributed by atoms with Crippen molar-refractivity contribution in [3.63, 3.8) is 0 Å². The number of amides is 1. The van der Waals surface area contributed by atoms with E-state index in [1.165, 1.54) is 5.56 Å². The maximum absolute atomic E-state index is 12.9. The zero-order valence-corrected chi connectivity index (χ0v) is 14.6. The van der Waals surface area contributed by atoms with Crippen LogP contribution in [0.25, 0.3) is 0 Å². The van der Waals surface area contributed by atoms with Crippen molar-refractivity contribution >= 4 is 5.91 Å². The lowest BCUT2D eigenvalue weighted by Gasteiger charge is -2.27. The Hall–Kier alpha value is -2.80. The molecule has 4 nitrogen and oxygen atoms in total. The highest BCUT2D eigenvalue weighted by molar-refractivity contribution is 5.81. The van der Waals surface area contributed by atoms with Gasteiger partial charge in [0.25, 0.3) is 5.91 Å². The van der Waals surface area contributed by atoms with Crippen LogP contribution in [0.5, 0.6) is 5.75 Å². The van der Waals surface area contributed by atoms with Crippen molar-refractivity contribution in [1.29, 1.82) is 5.26 Å². The van der Waals surface area contributed by atoms with E-state index in [-0.39, 0.29) is 5.91 Å². The predicted molar refractivity (Wildman–Crippen MR) is 98.1 cm³/mol. The van der Waals surface area contributed by atoms with Gasteiger partial charge < -0.3 is 9.64 Å². The second kappa shape index (κ2) is 10.1. The molecule has 25 heavy (non-hydrogen) atoms. The van der Waals surface area contributed by atoms with Gasteiger partial charge in [-0.05, 0) is 30.5 Å². The molecule has 1 unspecified atom stereocenters. The Morgan fingerprint density at radius 3 is 2.32 bits per heavy atom. The molecule has 0 aliphatic rings. The highest BCUT2D eigenvalue weighted by Gasteiger charge is 2.24. The number of hydrogen-bond acceptors (Lipinski definition) is 3. The molecule has 0 radical (unpaired) electrons. The van der Waals surface area contributed by atoms with Crippen LogP contribution >= 0.6 is 0 Å². The Labute approximate surface area is 149 Å². The van der Waals surface area contributed by atoms with Gasteiger partial charge in [-0.25, -0.2) is 0 Å². The van der Waals surface area contributed by atoms with E-state index in [0.717, 1.165) is 6.42 Å². The largest absolute Gasteiger partial charge is 0.481 e. The van der Waals surface area contributed by atoms with Crippen molar-refractivity contribution < 1.29 is 9.53 Å². The predicted octanol–water partition coefficient (Wildman–Crippen LogP) is 3.83. The number of rotatable bonds is 9. The number of nitrogens with zero attached hydrogens (tertiary/aromatic N) is 2. The maximum atomic E-state index is 12.9. The molecule has 0 fully saturated rings. The first-order chi connectivity index (χ1) is 12.2. The van der Waals surface area contributed by atoms with Gasteiger partial charge in [-0.2, -0.15) is 5.26 Å². The highest BCUT2D eigenvalue weighted by Crippen LogP contribution is 2.15. The number of benzene rings is 2. The molecule has 2 aromatic carbocycles. The van der Waals surface area contributed by atoms with E-state index in [4.69, 9.17) is 10.00 Å². The third-order valence-electron chi connectivity index (χ3n) is 3.99. The fraction of sp³-hybridized carbons (Fsp3) is 0.333. The first-order valence-electron chi connectivity index (χ1n) is 8.66. The molecule has 130 valence electrons. The average molecular weight is 336 g/mol. The molecule has 2 rings (SSSR count). The molecule has 0 aromatic heterocycles. The van der Waals surface area contributed by atoms with E-state index in [0.29, 0.717) is 31.7 Å². The van der Waals surface area contributed by atoms with Crippen molar-refractivity contribution in [1.82, 2.24) is 4.90 Å². The van der Waals surface area contributed by atoms with Crippen LogP contribution in [0.15, 0.2) is 60.7 Å². The van der Waals surface area contributed by atoms with E-state index in [1.54, 1.807) is 4.90 Å². The average Bonchev–Trinajstić information content (AvgIpc) is 2.67. The number of nitriles is 1. The number of para-hydroxylation sites is 1. The molecular weight excluding hydrogens is 312 g/mol. The van der Waals surface area contributed by atoms with E-state index >= 15 is 0 Å². The molecule has 1 amide bonds. The van der Waals surface area contributed by atoms with Crippen molar-refractivity contribution in [2.24, 2.45) is 0 Å². The maximum Gasteiger partial charge on any atom is 0.263 e. The molecule has 0 aliphatic heterocycles. The monoisotopic (exact) mass is 336 g/mol. The zero-order chi connectivity index (χ0) is 17.9. The Balaban J connectivity index is 2.03. The summed E-state index contributed by atoms with van der Waals surface area (Å²) in [6.07, 6.45) is 1.14. The topological polar surface area (TPSA) is 53.3 Å². The Morgan fingerprint density at radius 2 is 1.72 bits per heavy atom. The van der Waals surface area contributed by atoms with Crippen LogP contribution in [-0.2, 0) is 11.2 Å². The van der Waals surface area contributed by atoms with Gasteiger partial charge in [0.2, 0.25) is 0 Å². The summed E-state index contributed by atoms with van der Waals surface area (Å²) in [4.78, 5) is 14.6. The highest BCUT2D eigenvalue weighted by atomic mass is 16.5. The molecule has 0 aliphatic carbocycles. The van der Waals surface area contributed by atoms with Gasteiger partial charge in [0.15, 0.2) is 6.10 Å². The summed E-state index contributed by atoms with van der Waals surface area (Å²) in [6, 6.07) is 21.5. The molecule has 1 atom stereocenters. The van der Waals surface area contributed by atoms with Crippen molar-refractivity contribution in [3.8, 4) is 11.8 Å². The van der Waals surface area contributed by atoms with Crippen LogP contribution < -0.4 is 4.74 Å². The number of carbonyl (C=O) groups is 1. The summed E-state index contributed by atoms with van der Waals surface area (Å²) in [7, 11) is 0. The van der Waals surface area contributed by atoms with E-state index in [9.17, 15) is 4.79 Å². The summed E-state index contributed by atoms with van der Waals surface area (Å²) in [5.41, 5.74) is 1.18. The van der Waals surface area contributed by atoms with E-state index in [1.807, 2.05) is 67.6 Å². The fourth-order valence-electron chi connectivity index (χ4n) is 2.60. The molecule has 0 saturated carbocycles. The normalized spacial score (nSPS) is 11.4. The van der Waals surface area contributed by atoms with Crippen LogP contribution in [0.4, 0.5) is 0 Å². The van der Waals surface area contributed by atoms with E-state index < -0.39 is 6.10 Å². The zero-order valence-electron chi connectivity index (χ0n) is 14.6.